The molecule has 0 amide bonds. The van der Waals surface area contributed by atoms with Crippen LogP contribution in [0.2, 0.25) is 0 Å². The molecule has 1 saturated heterocycles. The maximum absolute atomic E-state index is 11.5. The van der Waals surface area contributed by atoms with Crippen molar-refractivity contribution in [2.75, 3.05) is 31.6 Å². The van der Waals surface area contributed by atoms with Crippen LogP contribution in [0.15, 0.2) is 30.3 Å². The van der Waals surface area contributed by atoms with E-state index < -0.39 is 10.8 Å². The average Bonchev–Trinajstić information content (AvgIpc) is 2.53. The molecular weight excluding hydrogens is 280 g/mol. The first kappa shape index (κ1) is 16.7. The number of rotatable bonds is 6. The Morgan fingerprint density at radius 2 is 1.95 bits per heavy atom. The van der Waals surface area contributed by atoms with Crippen LogP contribution in [0, 0.1) is 0 Å². The largest absolute Gasteiger partial charge is 0.308 e. The number of benzene rings is 1. The standard InChI is InChI=1S/C17H28N2OS/c1-4-17(5-2)14-19(11-12-21(3)20)16(13-18-17)15-9-7-6-8-10-15/h6-10,16,18H,4-5,11-14H2,1-3H3. The van der Waals surface area contributed by atoms with Gasteiger partial charge in [-0.3, -0.25) is 9.11 Å². The number of nitrogens with one attached hydrogen (secondary N) is 1. The van der Waals surface area contributed by atoms with Gasteiger partial charge in [-0.15, -0.1) is 0 Å². The van der Waals surface area contributed by atoms with E-state index >= 15 is 0 Å². The van der Waals surface area contributed by atoms with Crippen LogP contribution in [-0.4, -0.2) is 46.3 Å². The maximum Gasteiger partial charge on any atom is 0.0474 e. The topological polar surface area (TPSA) is 32.3 Å². The molecule has 0 spiro atoms. The van der Waals surface area contributed by atoms with Gasteiger partial charge in [0, 0.05) is 54.0 Å². The third-order valence-corrected chi connectivity index (χ3v) is 5.58. The Morgan fingerprint density at radius 3 is 2.52 bits per heavy atom. The molecule has 0 bridgehead atoms. The van der Waals surface area contributed by atoms with Gasteiger partial charge in [-0.05, 0) is 18.4 Å². The molecule has 0 aliphatic carbocycles. The molecule has 1 heterocycles. The molecule has 0 radical (unpaired) electrons. The van der Waals surface area contributed by atoms with Gasteiger partial charge in [-0.1, -0.05) is 44.2 Å². The monoisotopic (exact) mass is 308 g/mol. The summed E-state index contributed by atoms with van der Waals surface area (Å²) >= 11 is 0. The molecule has 0 aromatic heterocycles. The van der Waals surface area contributed by atoms with Gasteiger partial charge in [0.05, 0.1) is 0 Å². The van der Waals surface area contributed by atoms with E-state index in [1.54, 1.807) is 6.26 Å². The number of hydrogen-bond acceptors (Lipinski definition) is 3. The smallest absolute Gasteiger partial charge is 0.0474 e. The van der Waals surface area contributed by atoms with Crippen LogP contribution < -0.4 is 5.32 Å². The summed E-state index contributed by atoms with van der Waals surface area (Å²) in [6.45, 7) is 7.44. The Morgan fingerprint density at radius 1 is 1.29 bits per heavy atom. The molecule has 4 heteroatoms. The van der Waals surface area contributed by atoms with Crippen molar-refractivity contribution in [3.63, 3.8) is 0 Å². The van der Waals surface area contributed by atoms with Crippen molar-refractivity contribution >= 4 is 10.8 Å². The second kappa shape index (κ2) is 7.52. The lowest BCUT2D eigenvalue weighted by molar-refractivity contribution is 0.0779. The van der Waals surface area contributed by atoms with Crippen molar-refractivity contribution in [3.8, 4) is 0 Å². The molecule has 1 N–H and O–H groups in total. The Balaban J connectivity index is 2.17. The fraction of sp³-hybridized carbons (Fsp3) is 0.647. The summed E-state index contributed by atoms with van der Waals surface area (Å²) in [5.74, 6) is 0.757. The fourth-order valence-corrected chi connectivity index (χ4v) is 3.70. The Bertz CT molecular complexity index is 459. The van der Waals surface area contributed by atoms with Crippen LogP contribution in [0.4, 0.5) is 0 Å². The van der Waals surface area contributed by atoms with Crippen LogP contribution in [0.5, 0.6) is 0 Å². The SMILES string of the molecule is CCC1(CC)CN(CCS(C)=O)C(c2ccccc2)CN1. The Hall–Kier alpha value is -0.710. The van der Waals surface area contributed by atoms with Crippen molar-refractivity contribution in [1.29, 1.82) is 0 Å². The van der Waals surface area contributed by atoms with Gasteiger partial charge in [0.2, 0.25) is 0 Å². The summed E-state index contributed by atoms with van der Waals surface area (Å²) in [6.07, 6.45) is 4.07. The highest BCUT2D eigenvalue weighted by Gasteiger charge is 2.36. The third-order valence-electron chi connectivity index (χ3n) is 4.82. The quantitative estimate of drug-likeness (QED) is 0.876. The van der Waals surface area contributed by atoms with E-state index in [2.05, 4.69) is 54.4 Å². The molecule has 21 heavy (non-hydrogen) atoms. The van der Waals surface area contributed by atoms with Gasteiger partial charge in [0.15, 0.2) is 0 Å². The van der Waals surface area contributed by atoms with Crippen LogP contribution in [0.25, 0.3) is 0 Å². The van der Waals surface area contributed by atoms with Gasteiger partial charge >= 0.3 is 0 Å². The molecule has 3 nitrogen and oxygen atoms in total. The predicted molar refractivity (Wildman–Crippen MR) is 91.0 cm³/mol. The van der Waals surface area contributed by atoms with Gasteiger partial charge in [0.1, 0.15) is 0 Å². The van der Waals surface area contributed by atoms with Gasteiger partial charge in [0.25, 0.3) is 0 Å². The minimum atomic E-state index is -0.729. The molecule has 0 saturated carbocycles. The summed E-state index contributed by atoms with van der Waals surface area (Å²) in [7, 11) is -0.729. The van der Waals surface area contributed by atoms with Crippen LogP contribution in [-0.2, 0) is 10.8 Å². The number of hydrogen-bond donors (Lipinski definition) is 1. The Labute approximate surface area is 131 Å². The molecule has 1 aliphatic heterocycles. The zero-order valence-corrected chi connectivity index (χ0v) is 14.3. The number of nitrogens with zero attached hydrogens (tertiary/aromatic N) is 1. The summed E-state index contributed by atoms with van der Waals surface area (Å²) in [6, 6.07) is 11.1. The van der Waals surface area contributed by atoms with Crippen molar-refractivity contribution in [3.05, 3.63) is 35.9 Å². The lowest BCUT2D eigenvalue weighted by atomic mass is 9.87. The van der Waals surface area contributed by atoms with Gasteiger partial charge in [-0.25, -0.2) is 0 Å². The first-order valence-corrected chi connectivity index (χ1v) is 9.67. The molecule has 1 aromatic rings. The maximum atomic E-state index is 11.5. The predicted octanol–water partition coefficient (Wildman–Crippen LogP) is 2.57. The summed E-state index contributed by atoms with van der Waals surface area (Å²) in [4.78, 5) is 2.53. The van der Waals surface area contributed by atoms with Crippen LogP contribution in [0.3, 0.4) is 0 Å². The minimum absolute atomic E-state index is 0.209. The lowest BCUT2D eigenvalue weighted by Gasteiger charge is -2.47. The normalized spacial score (nSPS) is 23.9. The van der Waals surface area contributed by atoms with Crippen LogP contribution in [0.1, 0.15) is 38.3 Å². The molecule has 118 valence electrons. The molecule has 2 unspecified atom stereocenters. The first-order valence-electron chi connectivity index (χ1n) is 7.94. The first-order chi connectivity index (χ1) is 10.1. The van der Waals surface area contributed by atoms with E-state index in [0.717, 1.165) is 38.2 Å². The highest BCUT2D eigenvalue weighted by Crippen LogP contribution is 2.30. The van der Waals surface area contributed by atoms with Crippen molar-refractivity contribution in [2.24, 2.45) is 0 Å². The van der Waals surface area contributed by atoms with E-state index in [1.807, 2.05) is 0 Å². The van der Waals surface area contributed by atoms with E-state index in [0.29, 0.717) is 6.04 Å². The summed E-state index contributed by atoms with van der Waals surface area (Å²) in [5.41, 5.74) is 1.56. The molecule has 1 aromatic carbocycles. The zero-order chi connectivity index (χ0) is 15.3. The van der Waals surface area contributed by atoms with E-state index in [1.165, 1.54) is 5.56 Å². The fourth-order valence-electron chi connectivity index (χ4n) is 3.21. The highest BCUT2D eigenvalue weighted by atomic mass is 32.2. The van der Waals surface area contributed by atoms with Crippen LogP contribution >= 0.6 is 0 Å². The van der Waals surface area contributed by atoms with Crippen molar-refractivity contribution < 1.29 is 4.21 Å². The second-order valence-electron chi connectivity index (χ2n) is 6.04. The van der Waals surface area contributed by atoms with Crippen molar-refractivity contribution in [1.82, 2.24) is 10.2 Å². The molecular formula is C17H28N2OS. The average molecular weight is 308 g/mol. The van der Waals surface area contributed by atoms with Gasteiger partial charge in [-0.2, -0.15) is 0 Å². The number of piperazine rings is 1. The second-order valence-corrected chi connectivity index (χ2v) is 7.60. The third kappa shape index (κ3) is 4.15. The Kier molecular flexibility index (Phi) is 5.97. The molecule has 1 aliphatic rings. The van der Waals surface area contributed by atoms with E-state index in [-0.39, 0.29) is 5.54 Å². The van der Waals surface area contributed by atoms with Gasteiger partial charge < -0.3 is 5.32 Å². The van der Waals surface area contributed by atoms with E-state index in [9.17, 15) is 4.21 Å². The van der Waals surface area contributed by atoms with E-state index in [4.69, 9.17) is 0 Å². The zero-order valence-electron chi connectivity index (χ0n) is 13.5. The summed E-state index contributed by atoms with van der Waals surface area (Å²) in [5, 5.41) is 3.78. The molecule has 1 fully saturated rings. The van der Waals surface area contributed by atoms with Crippen molar-refractivity contribution in [2.45, 2.75) is 38.3 Å². The highest BCUT2D eigenvalue weighted by molar-refractivity contribution is 7.84. The summed E-state index contributed by atoms with van der Waals surface area (Å²) < 4.78 is 11.5. The molecule has 2 rings (SSSR count). The minimum Gasteiger partial charge on any atom is -0.308 e. The lowest BCUT2D eigenvalue weighted by Crippen LogP contribution is -2.61. The molecule has 2 atom stereocenters.